The third kappa shape index (κ3) is 7.53. The predicted molar refractivity (Wildman–Crippen MR) is 189 cm³/mol. The average molecular weight is 575 g/mol. The Hall–Kier alpha value is -3.52. The van der Waals surface area contributed by atoms with Gasteiger partial charge >= 0.3 is 0 Å². The van der Waals surface area contributed by atoms with Gasteiger partial charge in [-0.2, -0.15) is 0 Å². The van der Waals surface area contributed by atoms with Crippen molar-refractivity contribution >= 4 is 11.4 Å². The molecule has 228 valence electrons. The Morgan fingerprint density at radius 3 is 0.907 bits per heavy atom. The lowest BCUT2D eigenvalue weighted by atomic mass is 9.84. The maximum atomic E-state index is 5.91. The van der Waals surface area contributed by atoms with Gasteiger partial charge in [0.2, 0.25) is 0 Å². The molecular formula is C41H54N2. The Kier molecular flexibility index (Phi) is 10.8. The van der Waals surface area contributed by atoms with E-state index in [0.29, 0.717) is 0 Å². The van der Waals surface area contributed by atoms with E-state index in [1.54, 1.807) is 11.1 Å². The standard InChI is InChI=1S/C41H54N2/c1-26-30(5)40(24-34-16-20-36(42)21-17-34)31(6)27(2)38(26)14-12-10-9-11-13-15-39-28(3)32(7)41(33(8)29(39)4)25-35-18-22-37(43)23-19-35/h16-23H,9-15,24-25,42-43H2,1-8H3. The van der Waals surface area contributed by atoms with Crippen LogP contribution in [0.2, 0.25) is 0 Å². The fourth-order valence-corrected chi connectivity index (χ4v) is 7.03. The van der Waals surface area contributed by atoms with Crippen LogP contribution in [0, 0.1) is 55.4 Å². The van der Waals surface area contributed by atoms with Crippen LogP contribution in [0.4, 0.5) is 11.4 Å². The summed E-state index contributed by atoms with van der Waals surface area (Å²) in [6, 6.07) is 16.7. The van der Waals surface area contributed by atoms with Crippen molar-refractivity contribution in [2.24, 2.45) is 0 Å². The van der Waals surface area contributed by atoms with Crippen molar-refractivity contribution in [3.05, 3.63) is 126 Å². The summed E-state index contributed by atoms with van der Waals surface area (Å²) in [4.78, 5) is 0. The van der Waals surface area contributed by atoms with E-state index in [0.717, 1.165) is 24.2 Å². The highest BCUT2D eigenvalue weighted by Gasteiger charge is 2.16. The monoisotopic (exact) mass is 574 g/mol. The molecule has 4 aromatic carbocycles. The van der Waals surface area contributed by atoms with E-state index >= 15 is 0 Å². The highest BCUT2D eigenvalue weighted by molar-refractivity contribution is 5.53. The van der Waals surface area contributed by atoms with E-state index < -0.39 is 0 Å². The first-order chi connectivity index (χ1) is 20.5. The SMILES string of the molecule is Cc1c(C)c(Cc2ccc(N)cc2)c(C)c(C)c1CCCCCCCc1c(C)c(C)c(Cc2ccc(N)cc2)c(C)c1C. The maximum Gasteiger partial charge on any atom is 0.0314 e. The molecule has 2 nitrogen and oxygen atoms in total. The molecule has 4 N–H and O–H groups in total. The molecule has 0 aliphatic heterocycles. The largest absolute Gasteiger partial charge is 0.399 e. The number of unbranched alkanes of at least 4 members (excludes halogenated alkanes) is 4. The molecule has 0 bridgehead atoms. The Morgan fingerprint density at radius 2 is 0.605 bits per heavy atom. The molecule has 4 aromatic rings. The summed E-state index contributed by atoms with van der Waals surface area (Å²) >= 11 is 0. The molecule has 4 rings (SSSR count). The van der Waals surface area contributed by atoms with Crippen molar-refractivity contribution in [3.63, 3.8) is 0 Å². The summed E-state index contributed by atoms with van der Waals surface area (Å²) in [6.07, 6.45) is 10.8. The molecule has 0 amide bonds. The molecule has 0 saturated carbocycles. The van der Waals surface area contributed by atoms with E-state index in [1.807, 2.05) is 24.3 Å². The van der Waals surface area contributed by atoms with Gasteiger partial charge in [-0.15, -0.1) is 0 Å². The van der Waals surface area contributed by atoms with Crippen molar-refractivity contribution in [2.45, 2.75) is 113 Å². The summed E-state index contributed by atoms with van der Waals surface area (Å²) in [5.74, 6) is 0. The van der Waals surface area contributed by atoms with Crippen LogP contribution in [-0.2, 0) is 25.7 Å². The second kappa shape index (κ2) is 14.3. The van der Waals surface area contributed by atoms with Gasteiger partial charge < -0.3 is 11.5 Å². The van der Waals surface area contributed by atoms with Gasteiger partial charge in [-0.25, -0.2) is 0 Å². The van der Waals surface area contributed by atoms with Gasteiger partial charge in [0.25, 0.3) is 0 Å². The van der Waals surface area contributed by atoms with E-state index in [1.165, 1.54) is 112 Å². The minimum Gasteiger partial charge on any atom is -0.399 e. The quantitative estimate of drug-likeness (QED) is 0.131. The fourth-order valence-electron chi connectivity index (χ4n) is 7.03. The van der Waals surface area contributed by atoms with E-state index in [2.05, 4.69) is 79.7 Å². The van der Waals surface area contributed by atoms with Crippen molar-refractivity contribution in [1.29, 1.82) is 0 Å². The summed E-state index contributed by atoms with van der Waals surface area (Å²) in [6.45, 7) is 18.6. The van der Waals surface area contributed by atoms with Crippen LogP contribution >= 0.6 is 0 Å². The third-order valence-corrected chi connectivity index (χ3v) is 10.4. The van der Waals surface area contributed by atoms with Crippen LogP contribution < -0.4 is 11.5 Å². The molecule has 0 aromatic heterocycles. The van der Waals surface area contributed by atoms with Crippen LogP contribution in [0.15, 0.2) is 48.5 Å². The highest BCUT2D eigenvalue weighted by atomic mass is 14.5. The Balaban J connectivity index is 1.30. The summed E-state index contributed by atoms with van der Waals surface area (Å²) in [5.41, 5.74) is 34.1. The summed E-state index contributed by atoms with van der Waals surface area (Å²) < 4.78 is 0. The van der Waals surface area contributed by atoms with Crippen LogP contribution in [0.25, 0.3) is 0 Å². The van der Waals surface area contributed by atoms with Crippen molar-refractivity contribution in [1.82, 2.24) is 0 Å². The molecule has 0 atom stereocenters. The number of hydrogen-bond acceptors (Lipinski definition) is 2. The molecule has 43 heavy (non-hydrogen) atoms. The third-order valence-electron chi connectivity index (χ3n) is 10.4. The molecule has 0 fully saturated rings. The molecule has 2 heteroatoms. The molecule has 0 spiro atoms. The lowest BCUT2D eigenvalue weighted by Gasteiger charge is -2.21. The normalized spacial score (nSPS) is 11.3. The van der Waals surface area contributed by atoms with Crippen molar-refractivity contribution in [3.8, 4) is 0 Å². The second-order valence-electron chi connectivity index (χ2n) is 13.0. The smallest absolute Gasteiger partial charge is 0.0314 e. The number of anilines is 2. The zero-order chi connectivity index (χ0) is 31.3. The van der Waals surface area contributed by atoms with E-state index in [4.69, 9.17) is 11.5 Å². The van der Waals surface area contributed by atoms with E-state index in [-0.39, 0.29) is 0 Å². The number of nitrogen functional groups attached to an aromatic ring is 2. The molecule has 0 saturated heterocycles. The van der Waals surface area contributed by atoms with Gasteiger partial charge in [-0.05, 0) is 196 Å². The molecule has 0 heterocycles. The second-order valence-corrected chi connectivity index (χ2v) is 13.0. The average Bonchev–Trinajstić information content (AvgIpc) is 3.00. The number of benzene rings is 4. The van der Waals surface area contributed by atoms with Crippen molar-refractivity contribution < 1.29 is 0 Å². The number of rotatable bonds is 12. The summed E-state index contributed by atoms with van der Waals surface area (Å²) in [5, 5.41) is 0. The van der Waals surface area contributed by atoms with Crippen LogP contribution in [0.5, 0.6) is 0 Å². The minimum absolute atomic E-state index is 0.829. The predicted octanol–water partition coefficient (Wildman–Crippen LogP) is 10.2. The molecule has 0 radical (unpaired) electrons. The minimum atomic E-state index is 0.829. The van der Waals surface area contributed by atoms with Gasteiger partial charge in [0, 0.05) is 11.4 Å². The van der Waals surface area contributed by atoms with Gasteiger partial charge in [-0.3, -0.25) is 0 Å². The van der Waals surface area contributed by atoms with Crippen LogP contribution in [0.1, 0.15) is 110 Å². The number of hydrogen-bond donors (Lipinski definition) is 2. The lowest BCUT2D eigenvalue weighted by Crippen LogP contribution is -2.07. The van der Waals surface area contributed by atoms with Crippen molar-refractivity contribution in [2.75, 3.05) is 11.5 Å². The Morgan fingerprint density at radius 1 is 0.349 bits per heavy atom. The Labute approximate surface area is 261 Å². The zero-order valence-electron chi connectivity index (χ0n) is 28.1. The van der Waals surface area contributed by atoms with Crippen LogP contribution in [0.3, 0.4) is 0 Å². The zero-order valence-corrected chi connectivity index (χ0v) is 28.1. The molecule has 0 aliphatic carbocycles. The topological polar surface area (TPSA) is 52.0 Å². The maximum absolute atomic E-state index is 5.91. The van der Waals surface area contributed by atoms with Gasteiger partial charge in [0.15, 0.2) is 0 Å². The lowest BCUT2D eigenvalue weighted by molar-refractivity contribution is 0.610. The van der Waals surface area contributed by atoms with Gasteiger partial charge in [0.1, 0.15) is 0 Å². The van der Waals surface area contributed by atoms with Crippen LogP contribution in [-0.4, -0.2) is 0 Å². The van der Waals surface area contributed by atoms with E-state index in [9.17, 15) is 0 Å². The fraction of sp³-hybridized carbons (Fsp3) is 0.415. The summed E-state index contributed by atoms with van der Waals surface area (Å²) in [7, 11) is 0. The first-order valence-electron chi connectivity index (χ1n) is 16.3. The van der Waals surface area contributed by atoms with Gasteiger partial charge in [-0.1, -0.05) is 43.5 Å². The van der Waals surface area contributed by atoms with Gasteiger partial charge in [0.05, 0.1) is 0 Å². The molecule has 0 unspecified atom stereocenters. The molecular weight excluding hydrogens is 520 g/mol. The first-order valence-corrected chi connectivity index (χ1v) is 16.3. The Bertz CT molecular complexity index is 1380. The molecule has 0 aliphatic rings. The first kappa shape index (κ1) is 32.4. The number of nitrogens with two attached hydrogens (primary N) is 2. The highest BCUT2D eigenvalue weighted by Crippen LogP contribution is 2.32.